The van der Waals surface area contributed by atoms with Crippen molar-refractivity contribution in [3.05, 3.63) is 126 Å². The summed E-state index contributed by atoms with van der Waals surface area (Å²) < 4.78 is 11.0. The molecule has 6 aromatic rings. The molecule has 0 bridgehead atoms. The minimum absolute atomic E-state index is 0.381. The minimum atomic E-state index is -1.28. The molecule has 6 heterocycles. The number of nitrogens with zero attached hydrogens (tertiary/aromatic N) is 4. The third-order valence-corrected chi connectivity index (χ3v) is 7.46. The summed E-state index contributed by atoms with van der Waals surface area (Å²) in [5.74, 6) is -0.381. The Hall–Kier alpha value is -4.71. The highest BCUT2D eigenvalue weighted by molar-refractivity contribution is 5.99. The van der Waals surface area contributed by atoms with E-state index in [1.54, 1.807) is 24.5 Å². The molecule has 6 nitrogen and oxygen atoms in total. The average Bonchev–Trinajstić information content (AvgIpc) is 3.57. The molecule has 1 aromatic carbocycles. The molecule has 0 fully saturated rings. The Labute approximate surface area is 213 Å². The smallest absolute Gasteiger partial charge is 0.341 e. The van der Waals surface area contributed by atoms with Crippen LogP contribution in [0.25, 0.3) is 27.7 Å². The summed E-state index contributed by atoms with van der Waals surface area (Å²) in [5.41, 5.74) is 6.35. The second-order valence-corrected chi connectivity index (χ2v) is 9.31. The maximum atomic E-state index is 13.6. The molecule has 0 N–H and O–H groups in total. The van der Waals surface area contributed by atoms with Crippen molar-refractivity contribution < 1.29 is 9.53 Å². The topological polar surface area (TPSA) is 61.4 Å². The van der Waals surface area contributed by atoms with Crippen LogP contribution in [0.4, 0.5) is 0 Å². The Morgan fingerprint density at radius 3 is 2.54 bits per heavy atom. The summed E-state index contributed by atoms with van der Waals surface area (Å²) in [6.45, 7) is 5.02. The van der Waals surface area contributed by atoms with Crippen LogP contribution in [0.5, 0.6) is 0 Å². The van der Waals surface area contributed by atoms with E-state index in [2.05, 4.69) is 47.1 Å². The fourth-order valence-corrected chi connectivity index (χ4v) is 6.02. The Morgan fingerprint density at radius 1 is 0.892 bits per heavy atom. The van der Waals surface area contributed by atoms with Crippen molar-refractivity contribution in [2.24, 2.45) is 0 Å². The molecule has 0 saturated carbocycles. The van der Waals surface area contributed by atoms with Crippen LogP contribution in [0, 0.1) is 6.92 Å². The SMILES string of the molecule is CCn1c(C)c(C2(c3c(-c4ccccn4)cc4ccccn34)OC(=O)c3cccnc32)c2ccccc21. The van der Waals surface area contributed by atoms with Gasteiger partial charge in [-0.15, -0.1) is 0 Å². The first kappa shape index (κ1) is 21.6. The maximum Gasteiger partial charge on any atom is 0.341 e. The maximum absolute atomic E-state index is 13.6. The molecule has 0 amide bonds. The van der Waals surface area contributed by atoms with E-state index >= 15 is 0 Å². The van der Waals surface area contributed by atoms with Gasteiger partial charge in [0, 0.05) is 58.4 Å². The van der Waals surface area contributed by atoms with Gasteiger partial charge in [-0.25, -0.2) is 4.79 Å². The summed E-state index contributed by atoms with van der Waals surface area (Å²) in [7, 11) is 0. The van der Waals surface area contributed by atoms with Crippen LogP contribution < -0.4 is 0 Å². The third kappa shape index (κ3) is 2.84. The van der Waals surface area contributed by atoms with E-state index in [9.17, 15) is 4.79 Å². The number of pyridine rings is 3. The Kier molecular flexibility index (Phi) is 4.60. The number of aromatic nitrogens is 4. The predicted molar refractivity (Wildman–Crippen MR) is 143 cm³/mol. The van der Waals surface area contributed by atoms with Gasteiger partial charge in [-0.05, 0) is 62.4 Å². The van der Waals surface area contributed by atoms with Gasteiger partial charge in [0.1, 0.15) is 5.69 Å². The summed E-state index contributed by atoms with van der Waals surface area (Å²) in [5, 5.41) is 1.03. The normalized spacial score (nSPS) is 16.9. The Balaban J connectivity index is 1.72. The van der Waals surface area contributed by atoms with Crippen LogP contribution in [-0.4, -0.2) is 24.9 Å². The van der Waals surface area contributed by atoms with Gasteiger partial charge in [-0.1, -0.05) is 30.3 Å². The van der Waals surface area contributed by atoms with Gasteiger partial charge in [0.05, 0.1) is 17.0 Å². The second-order valence-electron chi connectivity index (χ2n) is 9.31. The number of carbonyl (C=O) groups is 1. The van der Waals surface area contributed by atoms with Crippen molar-refractivity contribution in [2.45, 2.75) is 26.0 Å². The monoisotopic (exact) mass is 484 g/mol. The molecule has 0 saturated heterocycles. The van der Waals surface area contributed by atoms with Crippen molar-refractivity contribution in [1.29, 1.82) is 0 Å². The molecule has 1 atom stereocenters. The zero-order valence-electron chi connectivity index (χ0n) is 20.6. The molecular weight excluding hydrogens is 460 g/mol. The number of benzene rings is 1. The summed E-state index contributed by atoms with van der Waals surface area (Å²) in [6, 6.07) is 25.9. The van der Waals surface area contributed by atoms with Crippen molar-refractivity contribution >= 4 is 22.4 Å². The fourth-order valence-electron chi connectivity index (χ4n) is 6.02. The lowest BCUT2D eigenvalue weighted by molar-refractivity contribution is 0.0232. The molecule has 1 unspecified atom stereocenters. The molecule has 7 rings (SSSR count). The molecule has 6 heteroatoms. The molecule has 1 aliphatic rings. The van der Waals surface area contributed by atoms with Crippen molar-refractivity contribution in [3.8, 4) is 11.3 Å². The van der Waals surface area contributed by atoms with Crippen LogP contribution in [0.1, 0.15) is 39.9 Å². The number of cyclic esters (lactones) is 1. The number of aryl methyl sites for hydroxylation is 1. The van der Waals surface area contributed by atoms with Crippen molar-refractivity contribution in [3.63, 3.8) is 0 Å². The van der Waals surface area contributed by atoms with Crippen LogP contribution in [0.3, 0.4) is 0 Å². The number of hydrogen-bond acceptors (Lipinski definition) is 4. The van der Waals surface area contributed by atoms with E-state index in [0.717, 1.165) is 51.2 Å². The first-order valence-corrected chi connectivity index (χ1v) is 12.4. The van der Waals surface area contributed by atoms with Gasteiger partial charge in [0.25, 0.3) is 0 Å². The van der Waals surface area contributed by atoms with Gasteiger partial charge >= 0.3 is 5.97 Å². The quantitative estimate of drug-likeness (QED) is 0.282. The zero-order valence-corrected chi connectivity index (χ0v) is 20.6. The number of ether oxygens (including phenoxy) is 1. The van der Waals surface area contributed by atoms with E-state index in [-0.39, 0.29) is 5.97 Å². The summed E-state index contributed by atoms with van der Waals surface area (Å²) in [4.78, 5) is 23.1. The summed E-state index contributed by atoms with van der Waals surface area (Å²) in [6.07, 6.45) is 5.54. The van der Waals surface area contributed by atoms with Gasteiger partial charge in [-0.3, -0.25) is 9.97 Å². The van der Waals surface area contributed by atoms with Crippen LogP contribution in [0.2, 0.25) is 0 Å². The van der Waals surface area contributed by atoms with E-state index in [4.69, 9.17) is 14.7 Å². The largest absolute Gasteiger partial charge is 0.437 e. The number of fused-ring (bicyclic) bond motifs is 3. The lowest BCUT2D eigenvalue weighted by Gasteiger charge is -2.30. The lowest BCUT2D eigenvalue weighted by Crippen LogP contribution is -2.33. The zero-order chi connectivity index (χ0) is 25.1. The van der Waals surface area contributed by atoms with E-state index in [0.29, 0.717) is 11.3 Å². The number of para-hydroxylation sites is 1. The lowest BCUT2D eigenvalue weighted by atomic mass is 9.82. The highest BCUT2D eigenvalue weighted by Crippen LogP contribution is 2.52. The van der Waals surface area contributed by atoms with E-state index in [1.807, 2.05) is 48.7 Å². The molecule has 0 radical (unpaired) electrons. The van der Waals surface area contributed by atoms with Gasteiger partial charge < -0.3 is 13.7 Å². The van der Waals surface area contributed by atoms with Crippen LogP contribution in [-0.2, 0) is 16.9 Å². The number of carbonyl (C=O) groups excluding carboxylic acids is 1. The number of esters is 1. The second kappa shape index (κ2) is 7.90. The minimum Gasteiger partial charge on any atom is -0.437 e. The average molecular weight is 485 g/mol. The van der Waals surface area contributed by atoms with Crippen molar-refractivity contribution in [2.75, 3.05) is 0 Å². The van der Waals surface area contributed by atoms with Gasteiger partial charge in [0.15, 0.2) is 0 Å². The first-order chi connectivity index (χ1) is 18.1. The van der Waals surface area contributed by atoms with E-state index < -0.39 is 5.60 Å². The molecule has 5 aromatic heterocycles. The van der Waals surface area contributed by atoms with Crippen LogP contribution in [0.15, 0.2) is 97.5 Å². The molecule has 1 aliphatic heterocycles. The van der Waals surface area contributed by atoms with Crippen molar-refractivity contribution in [1.82, 2.24) is 18.9 Å². The summed E-state index contributed by atoms with van der Waals surface area (Å²) >= 11 is 0. The number of rotatable bonds is 4. The predicted octanol–water partition coefficient (Wildman–Crippen LogP) is 6.14. The third-order valence-electron chi connectivity index (χ3n) is 7.46. The molecular formula is C31H24N4O2. The van der Waals surface area contributed by atoms with Crippen LogP contribution >= 0.6 is 0 Å². The highest BCUT2D eigenvalue weighted by Gasteiger charge is 2.55. The molecule has 0 aliphatic carbocycles. The molecule has 0 spiro atoms. The van der Waals surface area contributed by atoms with Gasteiger partial charge in [-0.2, -0.15) is 0 Å². The first-order valence-electron chi connectivity index (χ1n) is 12.4. The van der Waals surface area contributed by atoms with Gasteiger partial charge in [0.2, 0.25) is 5.60 Å². The van der Waals surface area contributed by atoms with E-state index in [1.165, 1.54) is 0 Å². The Morgan fingerprint density at radius 2 is 1.70 bits per heavy atom. The molecule has 37 heavy (non-hydrogen) atoms. The fraction of sp³-hybridized carbons (Fsp3) is 0.129. The highest BCUT2D eigenvalue weighted by atomic mass is 16.6. The standard InChI is InChI=1S/C31H24N4O2/c1-3-34-20(2)27(22-12-4-5-15-26(22)34)31(28-23(30(36)37-31)13-10-17-33-28)29-24(25-14-6-8-16-32-25)19-21-11-7-9-18-35(21)29/h4-19H,3H2,1-2H3. The Bertz CT molecular complexity index is 1830. The number of hydrogen-bond donors (Lipinski definition) is 0. The molecule has 180 valence electrons.